The number of hydrogen-bond acceptors (Lipinski definition) is 2. The van der Waals surface area contributed by atoms with Crippen molar-refractivity contribution in [2.45, 2.75) is 13.0 Å². The summed E-state index contributed by atoms with van der Waals surface area (Å²) in [6.07, 6.45) is 0. The summed E-state index contributed by atoms with van der Waals surface area (Å²) in [4.78, 5) is 2.42. The molecule has 2 rings (SSSR count). The Balaban J connectivity index is 2.15. The lowest BCUT2D eigenvalue weighted by Gasteiger charge is -2.35. The molecule has 1 radical (unpaired) electrons. The molecule has 0 aliphatic carbocycles. The van der Waals surface area contributed by atoms with Gasteiger partial charge in [0.05, 0.1) is 0 Å². The summed E-state index contributed by atoms with van der Waals surface area (Å²) in [5, 5.41) is 3.38. The number of rotatable bonds is 1. The molecule has 1 saturated heterocycles. The first-order chi connectivity index (χ1) is 6.38. The van der Waals surface area contributed by atoms with Crippen molar-refractivity contribution in [1.82, 2.24) is 5.32 Å². The summed E-state index contributed by atoms with van der Waals surface area (Å²) in [5.74, 6) is 0. The average Bonchev–Trinajstić information content (AvgIpc) is 2.20. The fraction of sp³-hybridized carbons (Fsp3) is 0.455. The van der Waals surface area contributed by atoms with Gasteiger partial charge >= 0.3 is 0 Å². The zero-order valence-electron chi connectivity index (χ0n) is 7.96. The third kappa shape index (κ3) is 1.83. The normalized spacial score (nSPS) is 23.2. The van der Waals surface area contributed by atoms with Gasteiger partial charge in [0, 0.05) is 31.4 Å². The quantitative estimate of drug-likeness (QED) is 0.692. The van der Waals surface area contributed by atoms with Crippen LogP contribution in [0.1, 0.15) is 6.92 Å². The molecule has 1 fully saturated rings. The molecule has 1 N–H and O–H groups in total. The second-order valence-electron chi connectivity index (χ2n) is 3.51. The molecular weight excluding hydrogens is 160 g/mol. The summed E-state index contributed by atoms with van der Waals surface area (Å²) in [6.45, 7) is 5.51. The predicted octanol–water partition coefficient (Wildman–Crippen LogP) is 1.28. The van der Waals surface area contributed by atoms with Crippen molar-refractivity contribution in [1.29, 1.82) is 0 Å². The van der Waals surface area contributed by atoms with Crippen LogP contribution in [-0.4, -0.2) is 25.7 Å². The minimum Gasteiger partial charge on any atom is -0.366 e. The second kappa shape index (κ2) is 3.79. The third-order valence-electron chi connectivity index (χ3n) is 2.52. The molecule has 0 aromatic heterocycles. The Kier molecular flexibility index (Phi) is 2.50. The maximum absolute atomic E-state index is 3.38. The number of anilines is 1. The first kappa shape index (κ1) is 8.57. The van der Waals surface area contributed by atoms with Gasteiger partial charge in [-0.1, -0.05) is 12.1 Å². The molecule has 69 valence electrons. The molecule has 2 nitrogen and oxygen atoms in total. The van der Waals surface area contributed by atoms with Crippen LogP contribution in [0.3, 0.4) is 0 Å². The van der Waals surface area contributed by atoms with Crippen LogP contribution in [0.25, 0.3) is 0 Å². The molecule has 2 heteroatoms. The molecule has 0 amide bonds. The van der Waals surface area contributed by atoms with Crippen LogP contribution in [0.5, 0.6) is 0 Å². The SMILES string of the molecule is C[C@@H]1CNCCN1c1c[c]ccc1. The van der Waals surface area contributed by atoms with E-state index in [1.54, 1.807) is 0 Å². The molecule has 1 atom stereocenters. The highest BCUT2D eigenvalue weighted by Crippen LogP contribution is 2.16. The fourth-order valence-corrected chi connectivity index (χ4v) is 1.79. The fourth-order valence-electron chi connectivity index (χ4n) is 1.79. The van der Waals surface area contributed by atoms with Gasteiger partial charge in [0.25, 0.3) is 0 Å². The van der Waals surface area contributed by atoms with Gasteiger partial charge in [-0.3, -0.25) is 0 Å². The van der Waals surface area contributed by atoms with Crippen LogP contribution in [0.15, 0.2) is 24.3 Å². The van der Waals surface area contributed by atoms with Crippen molar-refractivity contribution in [3.63, 3.8) is 0 Å². The Morgan fingerprint density at radius 2 is 2.54 bits per heavy atom. The number of benzene rings is 1. The Morgan fingerprint density at radius 1 is 1.62 bits per heavy atom. The van der Waals surface area contributed by atoms with E-state index in [2.05, 4.69) is 35.3 Å². The Hall–Kier alpha value is -1.02. The van der Waals surface area contributed by atoms with Crippen molar-refractivity contribution < 1.29 is 0 Å². The second-order valence-corrected chi connectivity index (χ2v) is 3.51. The van der Waals surface area contributed by atoms with E-state index >= 15 is 0 Å². The van der Waals surface area contributed by atoms with Crippen LogP contribution < -0.4 is 10.2 Å². The monoisotopic (exact) mass is 175 g/mol. The van der Waals surface area contributed by atoms with Crippen molar-refractivity contribution >= 4 is 5.69 Å². The van der Waals surface area contributed by atoms with Gasteiger partial charge in [-0.05, 0) is 25.1 Å². The topological polar surface area (TPSA) is 15.3 Å². The lowest BCUT2D eigenvalue weighted by molar-refractivity contribution is 0.501. The van der Waals surface area contributed by atoms with E-state index in [1.165, 1.54) is 5.69 Å². The molecule has 0 unspecified atom stereocenters. The third-order valence-corrected chi connectivity index (χ3v) is 2.52. The summed E-state index contributed by atoms with van der Waals surface area (Å²) in [5.41, 5.74) is 1.29. The minimum absolute atomic E-state index is 0.588. The summed E-state index contributed by atoms with van der Waals surface area (Å²) in [7, 11) is 0. The van der Waals surface area contributed by atoms with Crippen LogP contribution in [-0.2, 0) is 0 Å². The first-order valence-corrected chi connectivity index (χ1v) is 4.81. The number of nitrogens with one attached hydrogen (secondary N) is 1. The molecular formula is C11H15N2. The lowest BCUT2D eigenvalue weighted by Crippen LogP contribution is -2.49. The summed E-state index contributed by atoms with van der Waals surface area (Å²) < 4.78 is 0. The average molecular weight is 175 g/mol. The van der Waals surface area contributed by atoms with Crippen molar-refractivity contribution in [2.24, 2.45) is 0 Å². The van der Waals surface area contributed by atoms with Gasteiger partial charge in [0.1, 0.15) is 0 Å². The van der Waals surface area contributed by atoms with E-state index in [-0.39, 0.29) is 0 Å². The molecule has 0 spiro atoms. The van der Waals surface area contributed by atoms with E-state index in [4.69, 9.17) is 0 Å². The van der Waals surface area contributed by atoms with Crippen molar-refractivity contribution in [3.05, 3.63) is 30.3 Å². The highest BCUT2D eigenvalue weighted by atomic mass is 15.2. The van der Waals surface area contributed by atoms with Gasteiger partial charge in [0.2, 0.25) is 0 Å². The highest BCUT2D eigenvalue weighted by Gasteiger charge is 2.17. The molecule has 1 aliphatic heterocycles. The van der Waals surface area contributed by atoms with Crippen LogP contribution in [0, 0.1) is 6.07 Å². The zero-order valence-corrected chi connectivity index (χ0v) is 7.96. The molecule has 0 bridgehead atoms. The van der Waals surface area contributed by atoms with Crippen molar-refractivity contribution in [3.8, 4) is 0 Å². The van der Waals surface area contributed by atoms with E-state index in [1.807, 2.05) is 12.1 Å². The predicted molar refractivity (Wildman–Crippen MR) is 55.0 cm³/mol. The van der Waals surface area contributed by atoms with E-state index in [0.717, 1.165) is 19.6 Å². The van der Waals surface area contributed by atoms with Gasteiger partial charge in [0.15, 0.2) is 0 Å². The van der Waals surface area contributed by atoms with Crippen LogP contribution in [0.2, 0.25) is 0 Å². The van der Waals surface area contributed by atoms with Gasteiger partial charge in [-0.25, -0.2) is 0 Å². The van der Waals surface area contributed by atoms with E-state index < -0.39 is 0 Å². The number of nitrogens with zero attached hydrogens (tertiary/aromatic N) is 1. The molecule has 1 aliphatic rings. The maximum atomic E-state index is 3.38. The molecule has 13 heavy (non-hydrogen) atoms. The Labute approximate surface area is 79.6 Å². The van der Waals surface area contributed by atoms with E-state index in [0.29, 0.717) is 6.04 Å². The molecule has 1 aromatic carbocycles. The smallest absolute Gasteiger partial charge is 0.0386 e. The molecule has 1 heterocycles. The minimum atomic E-state index is 0.588. The molecule has 1 aromatic rings. The van der Waals surface area contributed by atoms with Crippen molar-refractivity contribution in [2.75, 3.05) is 24.5 Å². The summed E-state index contributed by atoms with van der Waals surface area (Å²) in [6, 6.07) is 11.9. The lowest BCUT2D eigenvalue weighted by atomic mass is 10.2. The number of piperazine rings is 1. The summed E-state index contributed by atoms with van der Waals surface area (Å²) >= 11 is 0. The maximum Gasteiger partial charge on any atom is 0.0386 e. The van der Waals surface area contributed by atoms with Crippen LogP contribution in [0.4, 0.5) is 5.69 Å². The zero-order chi connectivity index (χ0) is 9.10. The number of hydrogen-bond donors (Lipinski definition) is 1. The highest BCUT2D eigenvalue weighted by molar-refractivity contribution is 5.47. The molecule has 0 saturated carbocycles. The van der Waals surface area contributed by atoms with Crippen LogP contribution >= 0.6 is 0 Å². The Morgan fingerprint density at radius 3 is 3.23 bits per heavy atom. The van der Waals surface area contributed by atoms with E-state index in [9.17, 15) is 0 Å². The standard InChI is InChI=1S/C11H15N2/c1-10-9-12-7-8-13(10)11-5-3-2-4-6-11/h2-3,5-6,10,12H,7-9H2,1H3/t10-/m1/s1. The Bertz CT molecular complexity index is 258. The largest absolute Gasteiger partial charge is 0.366 e. The van der Waals surface area contributed by atoms with Gasteiger partial charge < -0.3 is 10.2 Å². The first-order valence-electron chi connectivity index (χ1n) is 4.81. The van der Waals surface area contributed by atoms with Gasteiger partial charge in [-0.15, -0.1) is 0 Å². The van der Waals surface area contributed by atoms with Gasteiger partial charge in [-0.2, -0.15) is 0 Å².